The van der Waals surface area contributed by atoms with E-state index in [2.05, 4.69) is 11.3 Å². The minimum Gasteiger partial charge on any atom is -0.468 e. The summed E-state index contributed by atoms with van der Waals surface area (Å²) in [4.78, 5) is 36.4. The van der Waals surface area contributed by atoms with E-state index >= 15 is 0 Å². The van der Waals surface area contributed by atoms with Crippen LogP contribution in [0.25, 0.3) is 0 Å². The third-order valence-corrected chi connectivity index (χ3v) is 3.22. The number of hydrogen-bond acceptors (Lipinski definition) is 6. The van der Waals surface area contributed by atoms with Gasteiger partial charge in [-0.05, 0) is 12.5 Å². The summed E-state index contributed by atoms with van der Waals surface area (Å²) in [5, 5.41) is 0. The molecular formula is C16H19NO5. The zero-order chi connectivity index (χ0) is 16.8. The van der Waals surface area contributed by atoms with E-state index in [4.69, 9.17) is 10.5 Å². The van der Waals surface area contributed by atoms with E-state index in [1.165, 1.54) is 13.0 Å². The lowest BCUT2D eigenvalue weighted by Gasteiger charge is -2.32. The average molecular weight is 305 g/mol. The van der Waals surface area contributed by atoms with Gasteiger partial charge in [-0.1, -0.05) is 43.0 Å². The van der Waals surface area contributed by atoms with E-state index in [9.17, 15) is 14.4 Å². The molecule has 0 bridgehead atoms. The molecule has 118 valence electrons. The van der Waals surface area contributed by atoms with Crippen LogP contribution in [0.5, 0.6) is 0 Å². The van der Waals surface area contributed by atoms with Crippen molar-refractivity contribution in [2.75, 3.05) is 13.7 Å². The third-order valence-electron chi connectivity index (χ3n) is 3.22. The van der Waals surface area contributed by atoms with Gasteiger partial charge in [0.1, 0.15) is 18.3 Å². The van der Waals surface area contributed by atoms with Crippen molar-refractivity contribution in [2.45, 2.75) is 12.5 Å². The van der Waals surface area contributed by atoms with Gasteiger partial charge >= 0.3 is 11.9 Å². The summed E-state index contributed by atoms with van der Waals surface area (Å²) in [5.74, 6) is -3.88. The van der Waals surface area contributed by atoms with E-state index < -0.39 is 29.2 Å². The fourth-order valence-corrected chi connectivity index (χ4v) is 2.16. The number of carbonyl (C=O) groups excluding carboxylic acids is 3. The topological polar surface area (TPSA) is 95.7 Å². The number of hydrogen-bond donors (Lipinski definition) is 1. The van der Waals surface area contributed by atoms with E-state index in [0.717, 1.165) is 7.11 Å². The highest BCUT2D eigenvalue weighted by Crippen LogP contribution is 2.30. The van der Waals surface area contributed by atoms with Crippen LogP contribution in [0.4, 0.5) is 0 Å². The van der Waals surface area contributed by atoms with Gasteiger partial charge < -0.3 is 15.2 Å². The predicted molar refractivity (Wildman–Crippen MR) is 79.7 cm³/mol. The molecule has 0 saturated heterocycles. The lowest BCUT2D eigenvalue weighted by molar-refractivity contribution is -0.164. The number of rotatable bonds is 7. The average Bonchev–Trinajstić information content (AvgIpc) is 2.52. The van der Waals surface area contributed by atoms with Crippen LogP contribution in [-0.4, -0.2) is 31.4 Å². The summed E-state index contributed by atoms with van der Waals surface area (Å²) in [6.07, 6.45) is 1.37. The van der Waals surface area contributed by atoms with E-state index in [0.29, 0.717) is 0 Å². The summed E-state index contributed by atoms with van der Waals surface area (Å²) in [5.41, 5.74) is 4.51. The Morgan fingerprint density at radius 1 is 1.32 bits per heavy atom. The zero-order valence-corrected chi connectivity index (χ0v) is 12.6. The summed E-state index contributed by atoms with van der Waals surface area (Å²) < 4.78 is 9.62. The molecule has 6 nitrogen and oxygen atoms in total. The van der Waals surface area contributed by atoms with Crippen LogP contribution in [0.2, 0.25) is 0 Å². The summed E-state index contributed by atoms with van der Waals surface area (Å²) >= 11 is 0. The molecule has 0 aromatic heterocycles. The van der Waals surface area contributed by atoms with Crippen LogP contribution in [0, 0.1) is 5.92 Å². The van der Waals surface area contributed by atoms with Crippen molar-refractivity contribution >= 4 is 17.7 Å². The van der Waals surface area contributed by atoms with Crippen molar-refractivity contribution in [1.82, 2.24) is 0 Å². The highest BCUT2D eigenvalue weighted by molar-refractivity contribution is 6.05. The van der Waals surface area contributed by atoms with Gasteiger partial charge in [0.15, 0.2) is 5.54 Å². The maximum absolute atomic E-state index is 12.4. The Bertz CT molecular complexity index is 569. The lowest BCUT2D eigenvalue weighted by atomic mass is 9.76. The first-order chi connectivity index (χ1) is 10.4. The number of carbonyl (C=O) groups is 3. The Morgan fingerprint density at radius 3 is 2.36 bits per heavy atom. The standard InChI is InChI=1S/C16H19NO5/c1-4-10-22-15(20)16(17,12-8-6-5-7-9-12)13(11(2)18)14(19)21-3/h4-9,13H,1,10,17H2,2-3H3. The molecule has 0 aliphatic heterocycles. The maximum atomic E-state index is 12.4. The van der Waals surface area contributed by atoms with Crippen LogP contribution in [-0.2, 0) is 29.4 Å². The maximum Gasteiger partial charge on any atom is 0.332 e. The molecule has 1 aromatic carbocycles. The summed E-state index contributed by atoms with van der Waals surface area (Å²) in [6.45, 7) is 4.53. The quantitative estimate of drug-likeness (QED) is 0.458. The molecule has 0 aliphatic carbocycles. The molecule has 1 rings (SSSR count). The van der Waals surface area contributed by atoms with Crippen molar-refractivity contribution in [3.8, 4) is 0 Å². The fraction of sp³-hybridized carbons (Fsp3) is 0.312. The van der Waals surface area contributed by atoms with Crippen LogP contribution < -0.4 is 5.73 Å². The monoisotopic (exact) mass is 305 g/mol. The highest BCUT2D eigenvalue weighted by atomic mass is 16.5. The molecule has 0 amide bonds. The van der Waals surface area contributed by atoms with E-state index in [1.54, 1.807) is 30.3 Å². The van der Waals surface area contributed by atoms with Crippen molar-refractivity contribution in [3.05, 3.63) is 48.6 Å². The molecule has 0 radical (unpaired) electrons. The first kappa shape index (κ1) is 17.6. The SMILES string of the molecule is C=CCOC(=O)C(N)(c1ccccc1)C(C(C)=O)C(=O)OC. The van der Waals surface area contributed by atoms with Gasteiger partial charge in [-0.2, -0.15) is 0 Å². The van der Waals surface area contributed by atoms with Crippen LogP contribution in [0.15, 0.2) is 43.0 Å². The molecular weight excluding hydrogens is 286 g/mol. The van der Waals surface area contributed by atoms with Gasteiger partial charge in [0.2, 0.25) is 0 Å². The number of methoxy groups -OCH3 is 1. The molecule has 2 atom stereocenters. The van der Waals surface area contributed by atoms with Crippen molar-refractivity contribution in [2.24, 2.45) is 11.7 Å². The Morgan fingerprint density at radius 2 is 1.91 bits per heavy atom. The van der Waals surface area contributed by atoms with Crippen molar-refractivity contribution in [1.29, 1.82) is 0 Å². The molecule has 2 unspecified atom stereocenters. The first-order valence-electron chi connectivity index (χ1n) is 6.60. The number of esters is 2. The summed E-state index contributed by atoms with van der Waals surface area (Å²) in [6, 6.07) is 8.11. The van der Waals surface area contributed by atoms with Gasteiger partial charge in [-0.25, -0.2) is 4.79 Å². The van der Waals surface area contributed by atoms with Crippen LogP contribution in [0.3, 0.4) is 0 Å². The number of Topliss-reactive ketones (excluding diaryl/α,β-unsaturated/α-hetero) is 1. The van der Waals surface area contributed by atoms with Crippen molar-refractivity contribution < 1.29 is 23.9 Å². The number of ketones is 1. The number of benzene rings is 1. The smallest absolute Gasteiger partial charge is 0.332 e. The minimum absolute atomic E-state index is 0.0869. The number of ether oxygens (including phenoxy) is 2. The Kier molecular flexibility index (Phi) is 6.00. The number of nitrogens with two attached hydrogens (primary N) is 1. The third kappa shape index (κ3) is 3.40. The molecule has 0 aliphatic rings. The first-order valence-corrected chi connectivity index (χ1v) is 6.60. The molecule has 0 heterocycles. The van der Waals surface area contributed by atoms with E-state index in [-0.39, 0.29) is 12.2 Å². The van der Waals surface area contributed by atoms with E-state index in [1.807, 2.05) is 0 Å². The molecule has 0 spiro atoms. The van der Waals surface area contributed by atoms with Gasteiger partial charge in [0, 0.05) is 0 Å². The van der Waals surface area contributed by atoms with Gasteiger partial charge in [-0.15, -0.1) is 0 Å². The van der Waals surface area contributed by atoms with Gasteiger partial charge in [0.25, 0.3) is 0 Å². The lowest BCUT2D eigenvalue weighted by Crippen LogP contribution is -2.57. The van der Waals surface area contributed by atoms with Crippen LogP contribution in [0.1, 0.15) is 12.5 Å². The summed E-state index contributed by atoms with van der Waals surface area (Å²) in [7, 11) is 1.12. The van der Waals surface area contributed by atoms with Gasteiger partial charge in [0.05, 0.1) is 7.11 Å². The Balaban J connectivity index is 3.43. The predicted octanol–water partition coefficient (Wildman–Crippen LogP) is 0.948. The highest BCUT2D eigenvalue weighted by Gasteiger charge is 2.52. The zero-order valence-electron chi connectivity index (χ0n) is 12.6. The molecule has 0 fully saturated rings. The minimum atomic E-state index is -1.97. The molecule has 22 heavy (non-hydrogen) atoms. The Labute approximate surface area is 128 Å². The van der Waals surface area contributed by atoms with Crippen molar-refractivity contribution in [3.63, 3.8) is 0 Å². The second kappa shape index (κ2) is 7.51. The molecule has 2 N–H and O–H groups in total. The molecule has 0 saturated carbocycles. The Hall–Kier alpha value is -2.47. The second-order valence-electron chi connectivity index (χ2n) is 4.69. The molecule has 1 aromatic rings. The fourth-order valence-electron chi connectivity index (χ4n) is 2.16. The normalized spacial score (nSPS) is 14.3. The molecule has 6 heteroatoms. The largest absolute Gasteiger partial charge is 0.468 e. The second-order valence-corrected chi connectivity index (χ2v) is 4.69. The van der Waals surface area contributed by atoms with Crippen LogP contribution >= 0.6 is 0 Å². The van der Waals surface area contributed by atoms with Gasteiger partial charge in [-0.3, -0.25) is 9.59 Å².